The van der Waals surface area contributed by atoms with Crippen molar-refractivity contribution in [3.63, 3.8) is 0 Å². The maximum absolute atomic E-state index is 11.7. The van der Waals surface area contributed by atoms with Crippen LogP contribution in [0.4, 0.5) is 0 Å². The highest BCUT2D eigenvalue weighted by molar-refractivity contribution is 6.39. The van der Waals surface area contributed by atoms with Crippen molar-refractivity contribution >= 4 is 29.1 Å². The summed E-state index contributed by atoms with van der Waals surface area (Å²) >= 11 is 14.2. The van der Waals surface area contributed by atoms with Gasteiger partial charge in [0.25, 0.3) is 0 Å². The van der Waals surface area contributed by atoms with Crippen molar-refractivity contribution in [2.75, 3.05) is 33.9 Å². The number of benzene rings is 2. The van der Waals surface area contributed by atoms with Gasteiger partial charge in [-0.25, -0.2) is 4.98 Å². The van der Waals surface area contributed by atoms with Gasteiger partial charge < -0.3 is 25.2 Å². The second kappa shape index (κ2) is 14.2. The predicted molar refractivity (Wildman–Crippen MR) is 192 cm³/mol. The molecule has 11 heteroatoms. The van der Waals surface area contributed by atoms with E-state index in [1.165, 1.54) is 0 Å². The summed E-state index contributed by atoms with van der Waals surface area (Å²) in [5, 5.41) is 17.4. The van der Waals surface area contributed by atoms with Crippen LogP contribution in [0.25, 0.3) is 33.6 Å². The second-order valence-corrected chi connectivity index (χ2v) is 14.3. The van der Waals surface area contributed by atoms with Crippen LogP contribution in [-0.4, -0.2) is 71.9 Å². The van der Waals surface area contributed by atoms with Crippen molar-refractivity contribution in [2.45, 2.75) is 57.3 Å². The predicted octanol–water partition coefficient (Wildman–Crippen LogP) is 6.52. The normalized spacial score (nSPS) is 20.2. The fraction of sp³-hybridized carbons (Fsp3) is 0.395. The van der Waals surface area contributed by atoms with Crippen LogP contribution in [0.1, 0.15) is 43.2 Å². The largest absolute Gasteiger partial charge is 0.496 e. The third-order valence-electron chi connectivity index (χ3n) is 10.1. The molecular formula is C38H41Cl2N5O4. The molecule has 4 aromatic rings. The number of rotatable bonds is 10. The molecule has 7 rings (SSSR count). The fourth-order valence-corrected chi connectivity index (χ4v) is 8.16. The minimum atomic E-state index is -0.184. The van der Waals surface area contributed by atoms with Gasteiger partial charge in [0, 0.05) is 90.2 Å². The van der Waals surface area contributed by atoms with Gasteiger partial charge in [0.05, 0.1) is 41.8 Å². The van der Waals surface area contributed by atoms with Gasteiger partial charge in [0.2, 0.25) is 11.8 Å². The maximum atomic E-state index is 11.7. The number of carbonyl (C=O) groups is 1. The van der Waals surface area contributed by atoms with E-state index in [4.69, 9.17) is 37.7 Å². The molecule has 0 unspecified atom stereocenters. The standard InChI is InChI=1S/C38H41Cl2N5O4/c1-48-32-16-23(6-7-25(32)19-45-21-38(22-45)17-33(47)43-20-38)36-35(40)29(14-15-41-36)28-4-3-5-30(34(28)39)31-13-8-24(37(44-31)49-2)18-42-26-9-11-27(46)12-10-26/h3-8,13-16,26-27,42,46H,9-12,17-22H2,1-2H3,(H,43,47)/t26-,27-. The third kappa shape index (κ3) is 7.00. The van der Waals surface area contributed by atoms with Crippen LogP contribution in [0, 0.1) is 5.41 Å². The van der Waals surface area contributed by atoms with E-state index in [0.717, 1.165) is 91.0 Å². The van der Waals surface area contributed by atoms with Gasteiger partial charge in [-0.05, 0) is 43.9 Å². The Balaban J connectivity index is 1.10. The van der Waals surface area contributed by atoms with Gasteiger partial charge in [0.15, 0.2) is 0 Å². The van der Waals surface area contributed by atoms with Gasteiger partial charge >= 0.3 is 0 Å². The lowest BCUT2D eigenvalue weighted by molar-refractivity contribution is -0.120. The van der Waals surface area contributed by atoms with Crippen LogP contribution in [-0.2, 0) is 17.9 Å². The lowest BCUT2D eigenvalue weighted by Gasteiger charge is -2.47. The minimum Gasteiger partial charge on any atom is -0.496 e. The van der Waals surface area contributed by atoms with Gasteiger partial charge in [0.1, 0.15) is 5.75 Å². The number of hydrogen-bond donors (Lipinski definition) is 3. The van der Waals surface area contributed by atoms with E-state index >= 15 is 0 Å². The van der Waals surface area contributed by atoms with Gasteiger partial charge in [-0.3, -0.25) is 14.7 Å². The number of amides is 1. The monoisotopic (exact) mass is 701 g/mol. The van der Waals surface area contributed by atoms with E-state index in [0.29, 0.717) is 46.3 Å². The molecule has 0 radical (unpaired) electrons. The molecule has 4 heterocycles. The van der Waals surface area contributed by atoms with Crippen LogP contribution in [0.15, 0.2) is 60.8 Å². The lowest BCUT2D eigenvalue weighted by atomic mass is 9.79. The zero-order valence-corrected chi connectivity index (χ0v) is 29.3. The average Bonchev–Trinajstić information content (AvgIpc) is 3.50. The molecule has 2 aromatic heterocycles. The van der Waals surface area contributed by atoms with Crippen molar-refractivity contribution in [1.29, 1.82) is 0 Å². The number of nitrogens with zero attached hydrogens (tertiary/aromatic N) is 3. The summed E-state index contributed by atoms with van der Waals surface area (Å²) in [7, 11) is 3.30. The van der Waals surface area contributed by atoms with E-state index in [1.54, 1.807) is 20.4 Å². The van der Waals surface area contributed by atoms with E-state index in [1.807, 2.05) is 48.5 Å². The first kappa shape index (κ1) is 33.8. The molecule has 1 saturated carbocycles. The molecule has 3 aliphatic rings. The first-order valence-electron chi connectivity index (χ1n) is 16.8. The SMILES string of the molecule is COc1cc(-c2nccc(-c3cccc(-c4ccc(CN[C@H]5CC[C@H](O)CC5)c(OC)n4)c3Cl)c2Cl)ccc1CN1CC2(CNC(=O)C2)C1. The molecule has 1 aliphatic carbocycles. The summed E-state index contributed by atoms with van der Waals surface area (Å²) in [4.78, 5) is 23.6. The zero-order valence-electron chi connectivity index (χ0n) is 27.8. The summed E-state index contributed by atoms with van der Waals surface area (Å²) in [5.41, 5.74) is 6.58. The number of pyridine rings is 2. The Morgan fingerprint density at radius 2 is 1.71 bits per heavy atom. The summed E-state index contributed by atoms with van der Waals surface area (Å²) < 4.78 is 11.5. The molecule has 3 N–H and O–H groups in total. The number of nitrogens with one attached hydrogen (secondary N) is 2. The first-order chi connectivity index (χ1) is 23.8. The summed E-state index contributed by atoms with van der Waals surface area (Å²) in [5.74, 6) is 1.45. The molecule has 256 valence electrons. The number of ether oxygens (including phenoxy) is 2. The number of likely N-dealkylation sites (tertiary alicyclic amines) is 1. The Hall–Kier alpha value is -3.73. The topological polar surface area (TPSA) is 109 Å². The number of methoxy groups -OCH3 is 2. The summed E-state index contributed by atoms with van der Waals surface area (Å²) in [6.45, 7) is 3.91. The van der Waals surface area contributed by atoms with Crippen molar-refractivity contribution in [3.8, 4) is 45.3 Å². The van der Waals surface area contributed by atoms with Crippen molar-refractivity contribution in [1.82, 2.24) is 25.5 Å². The molecular weight excluding hydrogens is 661 g/mol. The Morgan fingerprint density at radius 3 is 2.45 bits per heavy atom. The Labute approximate surface area is 297 Å². The molecule has 2 aromatic carbocycles. The Bertz CT molecular complexity index is 1860. The highest BCUT2D eigenvalue weighted by atomic mass is 35.5. The fourth-order valence-electron chi connectivity index (χ4n) is 7.51. The highest BCUT2D eigenvalue weighted by Crippen LogP contribution is 2.43. The molecule has 9 nitrogen and oxygen atoms in total. The quantitative estimate of drug-likeness (QED) is 0.172. The van der Waals surface area contributed by atoms with Crippen LogP contribution in [0.2, 0.25) is 10.0 Å². The Kier molecular flexibility index (Phi) is 9.81. The number of hydrogen-bond acceptors (Lipinski definition) is 8. The molecule has 1 spiro atoms. The van der Waals surface area contributed by atoms with E-state index in [9.17, 15) is 9.90 Å². The van der Waals surface area contributed by atoms with Crippen LogP contribution in [0.3, 0.4) is 0 Å². The van der Waals surface area contributed by atoms with Crippen LogP contribution >= 0.6 is 23.2 Å². The molecule has 0 bridgehead atoms. The molecule has 2 saturated heterocycles. The second-order valence-electron chi connectivity index (χ2n) is 13.6. The van der Waals surface area contributed by atoms with Crippen molar-refractivity contribution < 1.29 is 19.4 Å². The minimum absolute atomic E-state index is 0.0740. The van der Waals surface area contributed by atoms with Gasteiger partial charge in [-0.2, -0.15) is 0 Å². The van der Waals surface area contributed by atoms with Crippen molar-refractivity contribution in [2.24, 2.45) is 5.41 Å². The number of carbonyl (C=O) groups excluding carboxylic acids is 1. The average molecular weight is 703 g/mol. The number of halogens is 2. The van der Waals surface area contributed by atoms with Crippen LogP contribution in [0.5, 0.6) is 11.6 Å². The summed E-state index contributed by atoms with van der Waals surface area (Å²) in [6.07, 6.45) is 5.73. The maximum Gasteiger partial charge on any atom is 0.220 e. The smallest absolute Gasteiger partial charge is 0.220 e. The number of aromatic nitrogens is 2. The third-order valence-corrected chi connectivity index (χ3v) is 10.9. The van der Waals surface area contributed by atoms with Crippen molar-refractivity contribution in [3.05, 3.63) is 82.0 Å². The Morgan fingerprint density at radius 1 is 0.959 bits per heavy atom. The van der Waals surface area contributed by atoms with E-state index < -0.39 is 0 Å². The molecule has 1 amide bonds. The molecule has 0 atom stereocenters. The van der Waals surface area contributed by atoms with Crippen LogP contribution < -0.4 is 20.1 Å². The molecule has 2 aliphatic heterocycles. The van der Waals surface area contributed by atoms with E-state index in [2.05, 4.69) is 26.6 Å². The number of aliphatic hydroxyl groups excluding tert-OH is 1. The zero-order chi connectivity index (χ0) is 34.1. The molecule has 49 heavy (non-hydrogen) atoms. The lowest BCUT2D eigenvalue weighted by Crippen LogP contribution is -2.56. The van der Waals surface area contributed by atoms with E-state index in [-0.39, 0.29) is 17.4 Å². The van der Waals surface area contributed by atoms with Gasteiger partial charge in [-0.15, -0.1) is 0 Å². The van der Waals surface area contributed by atoms with Gasteiger partial charge in [-0.1, -0.05) is 59.6 Å². The highest BCUT2D eigenvalue weighted by Gasteiger charge is 2.47. The first-order valence-corrected chi connectivity index (χ1v) is 17.6. The molecule has 3 fully saturated rings. The number of aliphatic hydroxyl groups is 1. The summed E-state index contributed by atoms with van der Waals surface area (Å²) in [6, 6.07) is 18.1.